The van der Waals surface area contributed by atoms with E-state index in [9.17, 15) is 4.79 Å². The molecule has 0 aliphatic carbocycles. The highest BCUT2D eigenvalue weighted by Crippen LogP contribution is 2.15. The molecule has 0 fully saturated rings. The van der Waals surface area contributed by atoms with Crippen LogP contribution in [0, 0.1) is 0 Å². The Bertz CT molecular complexity index is 456. The first-order valence-corrected chi connectivity index (χ1v) is 6.22. The minimum Gasteiger partial charge on any atom is -0.478 e. The summed E-state index contributed by atoms with van der Waals surface area (Å²) in [4.78, 5) is 14.8. The van der Waals surface area contributed by atoms with Gasteiger partial charge in [-0.25, -0.2) is 9.78 Å². The molecule has 1 aromatic heterocycles. The number of nitrogens with zero attached hydrogens (tertiary/aromatic N) is 1. The first-order valence-electron chi connectivity index (χ1n) is 6.22. The van der Waals surface area contributed by atoms with Crippen LogP contribution in [-0.4, -0.2) is 28.7 Å². The van der Waals surface area contributed by atoms with Crippen molar-refractivity contribution in [3.63, 3.8) is 0 Å². The van der Waals surface area contributed by atoms with Crippen molar-refractivity contribution in [1.82, 2.24) is 10.3 Å². The second-order valence-corrected chi connectivity index (χ2v) is 4.46. The molecule has 5 heteroatoms. The van der Waals surface area contributed by atoms with E-state index in [0.717, 1.165) is 5.56 Å². The molecule has 0 unspecified atom stereocenters. The predicted molar refractivity (Wildman–Crippen MR) is 73.1 cm³/mol. The Balaban J connectivity index is 2.54. The summed E-state index contributed by atoms with van der Waals surface area (Å²) in [6, 6.07) is 3.79. The number of nitrogens with one attached hydrogen (secondary N) is 1. The Labute approximate surface area is 113 Å². The molecule has 19 heavy (non-hydrogen) atoms. The van der Waals surface area contributed by atoms with E-state index in [1.54, 1.807) is 19.2 Å². The third kappa shape index (κ3) is 5.52. The summed E-state index contributed by atoms with van der Waals surface area (Å²) in [5.41, 5.74) is 1.29. The summed E-state index contributed by atoms with van der Waals surface area (Å²) in [6.07, 6.45) is 3.40. The monoisotopic (exact) mass is 264 g/mol. The number of aliphatic carboxylic acids is 1. The zero-order valence-corrected chi connectivity index (χ0v) is 11.5. The van der Waals surface area contributed by atoms with Crippen molar-refractivity contribution >= 4 is 5.97 Å². The first kappa shape index (κ1) is 15.2. The summed E-state index contributed by atoms with van der Waals surface area (Å²) < 4.78 is 5.60. The van der Waals surface area contributed by atoms with Crippen LogP contribution in [0.1, 0.15) is 26.3 Å². The van der Waals surface area contributed by atoms with Crippen LogP contribution in [-0.2, 0) is 11.3 Å². The fraction of sp³-hybridized carbons (Fsp3) is 0.429. The Morgan fingerprint density at radius 1 is 1.58 bits per heavy atom. The summed E-state index contributed by atoms with van der Waals surface area (Å²) in [5, 5.41) is 11.9. The number of pyridine rings is 1. The minimum atomic E-state index is -0.896. The van der Waals surface area contributed by atoms with Gasteiger partial charge in [0.2, 0.25) is 5.88 Å². The van der Waals surface area contributed by atoms with Crippen LogP contribution >= 0.6 is 0 Å². The van der Waals surface area contributed by atoms with Gasteiger partial charge in [-0.05, 0) is 26.8 Å². The normalized spacial score (nSPS) is 11.7. The van der Waals surface area contributed by atoms with Crippen LogP contribution in [0.3, 0.4) is 0 Å². The Hall–Kier alpha value is -1.88. The van der Waals surface area contributed by atoms with Gasteiger partial charge in [0.1, 0.15) is 0 Å². The molecule has 0 bridgehead atoms. The average Bonchev–Trinajstić information content (AvgIpc) is 2.35. The highest BCUT2D eigenvalue weighted by Gasteiger charge is 2.06. The number of carbonyl (C=O) groups is 1. The summed E-state index contributed by atoms with van der Waals surface area (Å²) in [6.45, 7) is 6.55. The number of hydrogen-bond acceptors (Lipinski definition) is 4. The SMILES string of the molecule is C/C(=C/CNCc1cccnc1OC(C)C)C(=O)O. The number of aromatic nitrogens is 1. The Kier molecular flexibility index (Phi) is 6.02. The number of hydrogen-bond donors (Lipinski definition) is 2. The lowest BCUT2D eigenvalue weighted by molar-refractivity contribution is -0.132. The van der Waals surface area contributed by atoms with E-state index in [1.165, 1.54) is 0 Å². The van der Waals surface area contributed by atoms with Crippen LogP contribution in [0.2, 0.25) is 0 Å². The van der Waals surface area contributed by atoms with Gasteiger partial charge in [0.15, 0.2) is 0 Å². The van der Waals surface area contributed by atoms with Crippen LogP contribution in [0.4, 0.5) is 0 Å². The summed E-state index contributed by atoms with van der Waals surface area (Å²) in [7, 11) is 0. The quantitative estimate of drug-likeness (QED) is 0.582. The molecular formula is C14H20N2O3. The number of carboxylic acid groups (broad SMARTS) is 1. The van der Waals surface area contributed by atoms with E-state index < -0.39 is 5.97 Å². The molecule has 104 valence electrons. The molecule has 0 aliphatic rings. The standard InChI is InChI=1S/C14H20N2O3/c1-10(2)19-13-12(5-4-7-16-13)9-15-8-6-11(3)14(17)18/h4-7,10,15H,8-9H2,1-3H3,(H,17,18)/b11-6-. The Morgan fingerprint density at radius 2 is 2.32 bits per heavy atom. The van der Waals surface area contributed by atoms with Crippen molar-refractivity contribution in [2.45, 2.75) is 33.4 Å². The lowest BCUT2D eigenvalue weighted by Gasteiger charge is -2.12. The number of ether oxygens (including phenoxy) is 1. The highest BCUT2D eigenvalue weighted by molar-refractivity contribution is 5.85. The van der Waals surface area contributed by atoms with Gasteiger partial charge in [0.25, 0.3) is 0 Å². The van der Waals surface area contributed by atoms with Gasteiger partial charge in [0.05, 0.1) is 6.10 Å². The summed E-state index contributed by atoms with van der Waals surface area (Å²) >= 11 is 0. The van der Waals surface area contributed by atoms with E-state index in [-0.39, 0.29) is 6.10 Å². The molecule has 0 aromatic carbocycles. The van der Waals surface area contributed by atoms with Crippen molar-refractivity contribution < 1.29 is 14.6 Å². The van der Waals surface area contributed by atoms with E-state index in [2.05, 4.69) is 10.3 Å². The Morgan fingerprint density at radius 3 is 2.95 bits per heavy atom. The molecule has 0 radical (unpaired) electrons. The van der Waals surface area contributed by atoms with Crippen LogP contribution in [0.5, 0.6) is 5.88 Å². The molecule has 0 atom stereocenters. The first-order chi connectivity index (χ1) is 9.00. The predicted octanol–water partition coefficient (Wildman–Crippen LogP) is 1.99. The average molecular weight is 264 g/mol. The lowest BCUT2D eigenvalue weighted by atomic mass is 10.2. The molecular weight excluding hydrogens is 244 g/mol. The van der Waals surface area contributed by atoms with E-state index in [0.29, 0.717) is 24.5 Å². The van der Waals surface area contributed by atoms with Gasteiger partial charge in [0, 0.05) is 30.4 Å². The van der Waals surface area contributed by atoms with Crippen molar-refractivity contribution in [3.05, 3.63) is 35.5 Å². The smallest absolute Gasteiger partial charge is 0.330 e. The molecule has 0 amide bonds. The number of carboxylic acids is 1. The van der Waals surface area contributed by atoms with Gasteiger partial charge in [-0.15, -0.1) is 0 Å². The lowest BCUT2D eigenvalue weighted by Crippen LogP contribution is -2.16. The van der Waals surface area contributed by atoms with Crippen molar-refractivity contribution in [3.8, 4) is 5.88 Å². The van der Waals surface area contributed by atoms with Gasteiger partial charge in [-0.1, -0.05) is 12.1 Å². The van der Waals surface area contributed by atoms with Crippen molar-refractivity contribution in [2.24, 2.45) is 0 Å². The fourth-order valence-electron chi connectivity index (χ4n) is 1.41. The van der Waals surface area contributed by atoms with E-state index in [4.69, 9.17) is 9.84 Å². The second-order valence-electron chi connectivity index (χ2n) is 4.46. The molecule has 1 rings (SSSR count). The molecule has 0 saturated heterocycles. The third-order valence-electron chi connectivity index (χ3n) is 2.40. The van der Waals surface area contributed by atoms with Crippen LogP contribution in [0.25, 0.3) is 0 Å². The topological polar surface area (TPSA) is 71.5 Å². The molecule has 1 aromatic rings. The van der Waals surface area contributed by atoms with E-state index >= 15 is 0 Å². The van der Waals surface area contributed by atoms with Gasteiger partial charge in [-0.3, -0.25) is 0 Å². The van der Waals surface area contributed by atoms with Crippen LogP contribution < -0.4 is 10.1 Å². The van der Waals surface area contributed by atoms with Gasteiger partial charge >= 0.3 is 5.97 Å². The molecule has 0 saturated carbocycles. The van der Waals surface area contributed by atoms with Crippen molar-refractivity contribution in [1.29, 1.82) is 0 Å². The molecule has 0 aliphatic heterocycles. The second kappa shape index (κ2) is 7.53. The summed E-state index contributed by atoms with van der Waals surface area (Å²) in [5.74, 6) is -0.282. The van der Waals surface area contributed by atoms with Gasteiger partial charge in [-0.2, -0.15) is 0 Å². The maximum Gasteiger partial charge on any atom is 0.330 e. The number of rotatable bonds is 7. The largest absolute Gasteiger partial charge is 0.478 e. The molecule has 5 nitrogen and oxygen atoms in total. The van der Waals surface area contributed by atoms with Crippen molar-refractivity contribution in [2.75, 3.05) is 6.54 Å². The maximum absolute atomic E-state index is 10.6. The maximum atomic E-state index is 10.6. The zero-order chi connectivity index (χ0) is 14.3. The van der Waals surface area contributed by atoms with E-state index in [1.807, 2.05) is 26.0 Å². The minimum absolute atomic E-state index is 0.0720. The molecule has 0 spiro atoms. The zero-order valence-electron chi connectivity index (χ0n) is 11.5. The fourth-order valence-corrected chi connectivity index (χ4v) is 1.41. The molecule has 1 heterocycles. The van der Waals surface area contributed by atoms with Gasteiger partial charge < -0.3 is 15.2 Å². The highest BCUT2D eigenvalue weighted by atomic mass is 16.5. The molecule has 2 N–H and O–H groups in total. The van der Waals surface area contributed by atoms with Crippen LogP contribution in [0.15, 0.2) is 30.0 Å². The third-order valence-corrected chi connectivity index (χ3v) is 2.40.